The lowest BCUT2D eigenvalue weighted by molar-refractivity contribution is -0.0157. The molecule has 0 aliphatic carbocycles. The molecule has 1 saturated heterocycles. The molecule has 7 nitrogen and oxygen atoms in total. The minimum Gasteiger partial charge on any atom is -0.389 e. The Labute approximate surface area is 155 Å². The molecule has 0 bridgehead atoms. The number of halogens is 1. The Balaban J connectivity index is 1.83. The first kappa shape index (κ1) is 17.9. The molecule has 27 heavy (non-hydrogen) atoms. The number of β-amino-alcohol motifs (C(OH)–C–C–N with tert-alkyl or cyclic N) is 1. The number of imidazole rings is 1. The van der Waals surface area contributed by atoms with E-state index in [0.29, 0.717) is 23.2 Å². The summed E-state index contributed by atoms with van der Waals surface area (Å²) >= 11 is 0. The van der Waals surface area contributed by atoms with Crippen molar-refractivity contribution in [1.29, 1.82) is 0 Å². The molecule has 0 unspecified atom stereocenters. The molecule has 2 aromatic heterocycles. The zero-order chi connectivity index (χ0) is 19.7. The fraction of sp³-hybridized carbons (Fsp3) is 0.474. The second-order valence-corrected chi connectivity index (χ2v) is 8.59. The molecular formula is C19H24FN5O2. The molecule has 0 radical (unpaired) electrons. The summed E-state index contributed by atoms with van der Waals surface area (Å²) in [5.74, 6) is -1.23. The lowest BCUT2D eigenvalue weighted by Gasteiger charge is -2.49. The van der Waals surface area contributed by atoms with E-state index in [2.05, 4.69) is 21.9 Å². The maximum Gasteiger partial charge on any atom is 0.251 e. The van der Waals surface area contributed by atoms with Gasteiger partial charge >= 0.3 is 0 Å². The van der Waals surface area contributed by atoms with Crippen LogP contribution in [0, 0.1) is 12.7 Å². The number of primary amides is 1. The maximum absolute atomic E-state index is 13.9. The van der Waals surface area contributed by atoms with Gasteiger partial charge in [0.15, 0.2) is 5.65 Å². The standard InChI is InChI=1S/C19H24FN5O2/c1-10-14(19(4)8-24(9-19)7-18(2,3)27)17-22-13-6-11(20)5-12(16(21)26)15(13)25(17)23-10/h5-6,23,27H,7-9H2,1-4H3,(H2,21,26). The van der Waals surface area contributed by atoms with Gasteiger partial charge in [-0.3, -0.25) is 14.8 Å². The van der Waals surface area contributed by atoms with Gasteiger partial charge in [-0.2, -0.15) is 0 Å². The Morgan fingerprint density at radius 3 is 2.70 bits per heavy atom. The molecule has 0 spiro atoms. The lowest BCUT2D eigenvalue weighted by Crippen LogP contribution is -2.60. The van der Waals surface area contributed by atoms with Gasteiger partial charge in [-0.1, -0.05) is 6.92 Å². The van der Waals surface area contributed by atoms with Gasteiger partial charge in [-0.05, 0) is 26.8 Å². The number of carbonyl (C=O) groups excluding carboxylic acids is 1. The first-order valence-electron chi connectivity index (χ1n) is 8.94. The average molecular weight is 373 g/mol. The SMILES string of the molecule is Cc1[nH]n2c(nc3cc(F)cc(C(N)=O)c32)c1C1(C)CN(CC(C)(C)O)C1. The van der Waals surface area contributed by atoms with Crippen LogP contribution in [-0.4, -0.2) is 55.7 Å². The molecule has 3 aromatic rings. The van der Waals surface area contributed by atoms with Crippen LogP contribution in [0.4, 0.5) is 4.39 Å². The van der Waals surface area contributed by atoms with E-state index in [1.165, 1.54) is 6.07 Å². The summed E-state index contributed by atoms with van der Waals surface area (Å²) in [4.78, 5) is 18.6. The molecule has 0 atom stereocenters. The number of H-pyrrole nitrogens is 1. The Morgan fingerprint density at radius 1 is 1.44 bits per heavy atom. The maximum atomic E-state index is 13.9. The fourth-order valence-electron chi connectivity index (χ4n) is 4.51. The minimum atomic E-state index is -0.750. The molecule has 4 N–H and O–H groups in total. The number of likely N-dealkylation sites (tertiary alicyclic amines) is 1. The third-order valence-electron chi connectivity index (χ3n) is 5.22. The van der Waals surface area contributed by atoms with E-state index in [0.717, 1.165) is 30.4 Å². The van der Waals surface area contributed by atoms with Crippen LogP contribution in [0.2, 0.25) is 0 Å². The molecule has 1 aliphatic rings. The van der Waals surface area contributed by atoms with Crippen molar-refractivity contribution in [2.75, 3.05) is 19.6 Å². The molecule has 1 aliphatic heterocycles. The summed E-state index contributed by atoms with van der Waals surface area (Å²) in [7, 11) is 0. The quantitative estimate of drug-likeness (QED) is 0.648. The van der Waals surface area contributed by atoms with Gasteiger partial charge in [0.1, 0.15) is 11.3 Å². The number of fused-ring (bicyclic) bond motifs is 3. The van der Waals surface area contributed by atoms with Gasteiger partial charge in [0.25, 0.3) is 5.91 Å². The smallest absolute Gasteiger partial charge is 0.251 e. The van der Waals surface area contributed by atoms with E-state index < -0.39 is 17.3 Å². The number of nitrogens with two attached hydrogens (primary N) is 1. The average Bonchev–Trinajstić information content (AvgIpc) is 2.96. The molecule has 1 amide bonds. The van der Waals surface area contributed by atoms with Crippen LogP contribution in [0.15, 0.2) is 12.1 Å². The van der Waals surface area contributed by atoms with Crippen LogP contribution in [0.5, 0.6) is 0 Å². The second kappa shape index (κ2) is 5.53. The van der Waals surface area contributed by atoms with Crippen molar-refractivity contribution in [3.05, 3.63) is 34.8 Å². The topological polar surface area (TPSA) is 99.7 Å². The number of aliphatic hydroxyl groups is 1. The van der Waals surface area contributed by atoms with Crippen molar-refractivity contribution in [2.24, 2.45) is 5.73 Å². The number of aryl methyl sites for hydroxylation is 1. The number of nitrogens with one attached hydrogen (secondary N) is 1. The highest BCUT2D eigenvalue weighted by molar-refractivity contribution is 6.05. The van der Waals surface area contributed by atoms with E-state index in [4.69, 9.17) is 5.73 Å². The first-order valence-corrected chi connectivity index (χ1v) is 8.94. The van der Waals surface area contributed by atoms with E-state index >= 15 is 0 Å². The van der Waals surface area contributed by atoms with Gasteiger partial charge in [-0.15, -0.1) is 0 Å². The predicted molar refractivity (Wildman–Crippen MR) is 100 cm³/mol. The molecule has 0 saturated carbocycles. The number of benzene rings is 1. The number of hydrogen-bond acceptors (Lipinski definition) is 4. The van der Waals surface area contributed by atoms with Crippen molar-refractivity contribution in [2.45, 2.75) is 38.7 Å². The molecule has 4 rings (SSSR count). The number of carbonyl (C=O) groups is 1. The van der Waals surface area contributed by atoms with Crippen LogP contribution < -0.4 is 5.73 Å². The van der Waals surface area contributed by atoms with Crippen molar-refractivity contribution >= 4 is 22.6 Å². The van der Waals surface area contributed by atoms with E-state index in [-0.39, 0.29) is 11.0 Å². The highest BCUT2D eigenvalue weighted by atomic mass is 19.1. The van der Waals surface area contributed by atoms with E-state index in [9.17, 15) is 14.3 Å². The Bertz CT molecular complexity index is 1070. The molecule has 3 heterocycles. The van der Waals surface area contributed by atoms with E-state index in [1.807, 2.05) is 6.92 Å². The van der Waals surface area contributed by atoms with Gasteiger partial charge in [0, 0.05) is 42.4 Å². The Hall–Kier alpha value is -2.45. The van der Waals surface area contributed by atoms with Crippen LogP contribution in [0.1, 0.15) is 42.4 Å². The van der Waals surface area contributed by atoms with Gasteiger partial charge in [0.2, 0.25) is 0 Å². The highest BCUT2D eigenvalue weighted by Crippen LogP contribution is 2.39. The van der Waals surface area contributed by atoms with Crippen molar-refractivity contribution in [3.8, 4) is 0 Å². The second-order valence-electron chi connectivity index (χ2n) is 8.59. The minimum absolute atomic E-state index is 0.104. The third-order valence-corrected chi connectivity index (χ3v) is 5.22. The Kier molecular flexibility index (Phi) is 3.67. The zero-order valence-corrected chi connectivity index (χ0v) is 15.9. The van der Waals surface area contributed by atoms with Crippen LogP contribution >= 0.6 is 0 Å². The van der Waals surface area contributed by atoms with Gasteiger partial charge < -0.3 is 10.8 Å². The molecule has 1 fully saturated rings. The van der Waals surface area contributed by atoms with Crippen molar-refractivity contribution < 1.29 is 14.3 Å². The lowest BCUT2D eigenvalue weighted by atomic mass is 9.75. The molecule has 1 aromatic carbocycles. The predicted octanol–water partition coefficient (Wildman–Crippen LogP) is 1.71. The van der Waals surface area contributed by atoms with Crippen LogP contribution in [-0.2, 0) is 5.41 Å². The first-order chi connectivity index (χ1) is 12.5. The summed E-state index contributed by atoms with van der Waals surface area (Å²) in [6.07, 6.45) is 0. The van der Waals surface area contributed by atoms with Gasteiger partial charge in [-0.25, -0.2) is 13.9 Å². The number of amides is 1. The summed E-state index contributed by atoms with van der Waals surface area (Å²) in [6.45, 7) is 9.87. The summed E-state index contributed by atoms with van der Waals surface area (Å²) in [5.41, 5.74) is 8.22. The number of aromatic amines is 1. The number of hydrogen-bond donors (Lipinski definition) is 3. The number of rotatable bonds is 4. The summed E-state index contributed by atoms with van der Waals surface area (Å²) in [5, 5.41) is 13.3. The van der Waals surface area contributed by atoms with Crippen LogP contribution in [0.25, 0.3) is 16.7 Å². The number of aromatic nitrogens is 3. The normalized spacial score (nSPS) is 17.6. The van der Waals surface area contributed by atoms with Gasteiger partial charge in [0.05, 0.1) is 16.7 Å². The number of nitrogens with zero attached hydrogens (tertiary/aromatic N) is 3. The fourth-order valence-corrected chi connectivity index (χ4v) is 4.51. The Morgan fingerprint density at radius 2 is 2.11 bits per heavy atom. The van der Waals surface area contributed by atoms with E-state index in [1.54, 1.807) is 18.4 Å². The molecule has 144 valence electrons. The van der Waals surface area contributed by atoms with Crippen molar-refractivity contribution in [3.63, 3.8) is 0 Å². The summed E-state index contributed by atoms with van der Waals surface area (Å²) < 4.78 is 15.6. The van der Waals surface area contributed by atoms with Crippen molar-refractivity contribution in [1.82, 2.24) is 19.5 Å². The monoisotopic (exact) mass is 373 g/mol. The largest absolute Gasteiger partial charge is 0.389 e. The highest BCUT2D eigenvalue weighted by Gasteiger charge is 2.44. The molecule has 8 heteroatoms. The summed E-state index contributed by atoms with van der Waals surface area (Å²) in [6, 6.07) is 2.45. The van der Waals surface area contributed by atoms with Crippen LogP contribution in [0.3, 0.4) is 0 Å². The third kappa shape index (κ3) is 2.80. The zero-order valence-electron chi connectivity index (χ0n) is 15.9. The molecular weight excluding hydrogens is 349 g/mol.